The number of fused-ring (bicyclic) bond motifs is 1. The Morgan fingerprint density at radius 3 is 2.72 bits per heavy atom. The zero-order valence-electron chi connectivity index (χ0n) is 14.8. The van der Waals surface area contributed by atoms with E-state index < -0.39 is 18.0 Å². The number of ether oxygens (including phenoxy) is 1. The Hall–Kier alpha value is -3.89. The number of halogens is 3. The molecule has 0 aliphatic carbocycles. The molecule has 0 aliphatic heterocycles. The topological polar surface area (TPSA) is 94.5 Å². The first-order chi connectivity index (χ1) is 13.8. The van der Waals surface area contributed by atoms with Crippen LogP contribution >= 0.6 is 0 Å². The van der Waals surface area contributed by atoms with E-state index in [-0.39, 0.29) is 17.1 Å². The molecule has 0 spiro atoms. The summed E-state index contributed by atoms with van der Waals surface area (Å²) in [6.07, 6.45) is -1.83. The molecule has 4 rings (SSSR count). The number of hydrogen-bond acceptors (Lipinski definition) is 6. The summed E-state index contributed by atoms with van der Waals surface area (Å²) < 4.78 is 48.7. The molecule has 4 aromatic rings. The van der Waals surface area contributed by atoms with Crippen LogP contribution < -0.4 is 10.1 Å². The molecular weight excluding hydrogens is 391 g/mol. The van der Waals surface area contributed by atoms with Crippen molar-refractivity contribution >= 4 is 17.2 Å². The number of alkyl halides is 3. The van der Waals surface area contributed by atoms with E-state index in [1.54, 1.807) is 24.3 Å². The summed E-state index contributed by atoms with van der Waals surface area (Å²) in [6.45, 7) is 0. The summed E-state index contributed by atoms with van der Waals surface area (Å²) >= 11 is 0. The fraction of sp³-hybridized carbons (Fsp3) is 0.111. The Kier molecular flexibility index (Phi) is 4.41. The van der Waals surface area contributed by atoms with Crippen molar-refractivity contribution in [2.24, 2.45) is 0 Å². The number of nitrogens with zero attached hydrogens (tertiary/aromatic N) is 4. The number of hydrogen-bond donors (Lipinski definition) is 1. The smallest absolute Gasteiger partial charge is 0.471 e. The van der Waals surface area contributed by atoms with Gasteiger partial charge in [0, 0.05) is 29.7 Å². The Labute approximate surface area is 160 Å². The number of amides is 1. The Morgan fingerprint density at radius 1 is 1.17 bits per heavy atom. The van der Waals surface area contributed by atoms with E-state index in [0.29, 0.717) is 17.1 Å². The second kappa shape index (κ2) is 6.93. The lowest BCUT2D eigenvalue weighted by molar-refractivity contribution is -0.159. The van der Waals surface area contributed by atoms with Gasteiger partial charge in [-0.05, 0) is 24.3 Å². The van der Waals surface area contributed by atoms with Crippen molar-refractivity contribution in [3.05, 3.63) is 60.4 Å². The largest absolute Gasteiger partial charge is 0.497 e. The van der Waals surface area contributed by atoms with Crippen molar-refractivity contribution in [2.75, 3.05) is 12.4 Å². The summed E-state index contributed by atoms with van der Waals surface area (Å²) in [4.78, 5) is 20.0. The summed E-state index contributed by atoms with van der Waals surface area (Å²) in [5.41, 5.74) is 1.34. The van der Waals surface area contributed by atoms with Crippen molar-refractivity contribution in [1.82, 2.24) is 19.5 Å². The van der Waals surface area contributed by atoms with Gasteiger partial charge in [0.2, 0.25) is 5.82 Å². The molecule has 11 heteroatoms. The average Bonchev–Trinajstić information content (AvgIpc) is 3.34. The van der Waals surface area contributed by atoms with Gasteiger partial charge in [-0.1, -0.05) is 11.2 Å². The fourth-order valence-electron chi connectivity index (χ4n) is 2.59. The quantitative estimate of drug-likeness (QED) is 0.559. The van der Waals surface area contributed by atoms with Crippen molar-refractivity contribution in [3.8, 4) is 17.1 Å². The molecule has 1 amide bonds. The van der Waals surface area contributed by atoms with E-state index in [4.69, 9.17) is 4.74 Å². The highest BCUT2D eigenvalue weighted by molar-refractivity contribution is 6.03. The first-order valence-corrected chi connectivity index (χ1v) is 8.19. The van der Waals surface area contributed by atoms with Crippen LogP contribution in [0.3, 0.4) is 0 Å². The second-order valence-electron chi connectivity index (χ2n) is 5.92. The van der Waals surface area contributed by atoms with E-state index in [1.807, 2.05) is 0 Å². The predicted molar refractivity (Wildman–Crippen MR) is 94.4 cm³/mol. The van der Waals surface area contributed by atoms with Gasteiger partial charge in [0.15, 0.2) is 0 Å². The normalized spacial score (nSPS) is 11.6. The molecule has 0 fully saturated rings. The minimum atomic E-state index is -4.73. The molecule has 148 valence electrons. The van der Waals surface area contributed by atoms with Crippen LogP contribution in [0.4, 0.5) is 18.9 Å². The molecule has 0 aliphatic rings. The molecule has 0 saturated heterocycles. The molecule has 1 N–H and O–H groups in total. The molecule has 0 radical (unpaired) electrons. The number of aromatic nitrogens is 4. The van der Waals surface area contributed by atoms with Gasteiger partial charge in [-0.2, -0.15) is 18.2 Å². The minimum absolute atomic E-state index is 0.120. The number of methoxy groups -OCH3 is 1. The highest BCUT2D eigenvalue weighted by atomic mass is 19.4. The molecule has 3 heterocycles. The summed E-state index contributed by atoms with van der Waals surface area (Å²) in [5, 5.41) is 6.04. The summed E-state index contributed by atoms with van der Waals surface area (Å²) in [6, 6.07) is 9.83. The van der Waals surface area contributed by atoms with Gasteiger partial charge < -0.3 is 19.0 Å². The van der Waals surface area contributed by atoms with Crippen molar-refractivity contribution < 1.29 is 27.2 Å². The number of imidazole rings is 1. The van der Waals surface area contributed by atoms with E-state index >= 15 is 0 Å². The maximum atomic E-state index is 12.6. The number of pyridine rings is 1. The van der Waals surface area contributed by atoms with Crippen molar-refractivity contribution in [2.45, 2.75) is 6.18 Å². The Balaban J connectivity index is 1.59. The van der Waals surface area contributed by atoms with Gasteiger partial charge in [-0.15, -0.1) is 0 Å². The van der Waals surface area contributed by atoms with E-state index in [2.05, 4.69) is 25.0 Å². The van der Waals surface area contributed by atoms with Gasteiger partial charge >= 0.3 is 12.1 Å². The van der Waals surface area contributed by atoms with E-state index in [9.17, 15) is 18.0 Å². The van der Waals surface area contributed by atoms with Crippen LogP contribution in [0.25, 0.3) is 17.0 Å². The highest BCUT2D eigenvalue weighted by Gasteiger charge is 2.38. The Morgan fingerprint density at radius 2 is 2.00 bits per heavy atom. The first kappa shape index (κ1) is 18.5. The van der Waals surface area contributed by atoms with E-state index in [1.165, 1.54) is 36.0 Å². The number of carbonyl (C=O) groups is 1. The zero-order valence-corrected chi connectivity index (χ0v) is 14.8. The third kappa shape index (κ3) is 3.74. The molecule has 0 saturated carbocycles. The van der Waals surface area contributed by atoms with Crippen LogP contribution in [-0.2, 0) is 6.18 Å². The van der Waals surface area contributed by atoms with Crippen LogP contribution in [0.2, 0.25) is 0 Å². The molecule has 0 atom stereocenters. The number of anilines is 1. The lowest BCUT2D eigenvalue weighted by Gasteiger charge is -2.05. The molecule has 0 bridgehead atoms. The van der Waals surface area contributed by atoms with E-state index in [0.717, 1.165) is 0 Å². The van der Waals surface area contributed by atoms with Gasteiger partial charge in [0.05, 0.1) is 7.11 Å². The summed E-state index contributed by atoms with van der Waals surface area (Å²) in [5.74, 6) is -1.53. The standard InChI is InChI=1S/C18H12F3N5O3/c1-28-12-4-2-3-11(7-12)22-16(27)13-9-26-8-10(5-6-14(26)23-13)15-24-17(29-25-15)18(19,20)21/h2-9H,1H3,(H,22,27). The fourth-order valence-corrected chi connectivity index (χ4v) is 2.59. The van der Waals surface area contributed by atoms with Gasteiger partial charge in [-0.3, -0.25) is 4.79 Å². The lowest BCUT2D eigenvalue weighted by Crippen LogP contribution is -2.12. The van der Waals surface area contributed by atoms with Crippen LogP contribution in [0.1, 0.15) is 16.4 Å². The van der Waals surface area contributed by atoms with Gasteiger partial charge in [0.25, 0.3) is 5.91 Å². The van der Waals surface area contributed by atoms with Crippen LogP contribution in [-0.4, -0.2) is 32.5 Å². The molecule has 3 aromatic heterocycles. The molecule has 1 aromatic carbocycles. The monoisotopic (exact) mass is 403 g/mol. The third-order valence-electron chi connectivity index (χ3n) is 3.94. The molecule has 29 heavy (non-hydrogen) atoms. The first-order valence-electron chi connectivity index (χ1n) is 8.19. The van der Waals surface area contributed by atoms with Gasteiger partial charge in [-0.25, -0.2) is 4.98 Å². The summed E-state index contributed by atoms with van der Waals surface area (Å²) in [7, 11) is 1.52. The second-order valence-corrected chi connectivity index (χ2v) is 5.92. The number of benzene rings is 1. The average molecular weight is 403 g/mol. The van der Waals surface area contributed by atoms with Crippen molar-refractivity contribution in [1.29, 1.82) is 0 Å². The maximum Gasteiger partial charge on any atom is 0.471 e. The van der Waals surface area contributed by atoms with Crippen LogP contribution in [0, 0.1) is 0 Å². The predicted octanol–water partition coefficient (Wildman–Crippen LogP) is 3.66. The minimum Gasteiger partial charge on any atom is -0.497 e. The molecular formula is C18H12F3N5O3. The van der Waals surface area contributed by atoms with Crippen LogP contribution in [0.5, 0.6) is 5.75 Å². The van der Waals surface area contributed by atoms with Crippen molar-refractivity contribution in [3.63, 3.8) is 0 Å². The SMILES string of the molecule is COc1cccc(NC(=O)c2cn3cc(-c4noc(C(F)(F)F)n4)ccc3n2)c1. The maximum absolute atomic E-state index is 12.6. The highest BCUT2D eigenvalue weighted by Crippen LogP contribution is 2.29. The third-order valence-corrected chi connectivity index (χ3v) is 3.94. The number of rotatable bonds is 4. The van der Waals surface area contributed by atoms with Crippen LogP contribution in [0.15, 0.2) is 53.3 Å². The van der Waals surface area contributed by atoms with Gasteiger partial charge in [0.1, 0.15) is 17.1 Å². The molecule has 0 unspecified atom stereocenters. The molecule has 8 nitrogen and oxygen atoms in total. The number of nitrogens with one attached hydrogen (secondary N) is 1. The lowest BCUT2D eigenvalue weighted by atomic mass is 10.3. The zero-order chi connectivity index (χ0) is 20.6. The Bertz CT molecular complexity index is 1200. The number of carbonyl (C=O) groups excluding carboxylic acids is 1.